The van der Waals surface area contributed by atoms with Gasteiger partial charge in [0.25, 0.3) is 0 Å². The lowest BCUT2D eigenvalue weighted by Gasteiger charge is -2.23. The summed E-state index contributed by atoms with van der Waals surface area (Å²) >= 11 is 1.76. The van der Waals surface area contributed by atoms with Crippen molar-refractivity contribution in [1.82, 2.24) is 0 Å². The van der Waals surface area contributed by atoms with Gasteiger partial charge < -0.3 is 23.5 Å². The van der Waals surface area contributed by atoms with Gasteiger partial charge in [0, 0.05) is 5.39 Å². The molecule has 0 radical (unpaired) electrons. The molecule has 0 spiro atoms. The summed E-state index contributed by atoms with van der Waals surface area (Å²) < 4.78 is 21.8. The zero-order chi connectivity index (χ0) is 17.6. The van der Waals surface area contributed by atoms with E-state index in [1.165, 1.54) is 4.90 Å². The van der Waals surface area contributed by atoms with Crippen molar-refractivity contribution in [1.29, 1.82) is 0 Å². The molecule has 1 aliphatic heterocycles. The van der Waals surface area contributed by atoms with E-state index in [0.29, 0.717) is 35.0 Å². The van der Waals surface area contributed by atoms with Crippen LogP contribution in [0.5, 0.6) is 5.75 Å². The molecule has 0 unspecified atom stereocenters. The second-order valence-corrected chi connectivity index (χ2v) is 6.82. The molecular formula is C18H24NO5S+. The van der Waals surface area contributed by atoms with Crippen molar-refractivity contribution < 1.29 is 28.3 Å². The van der Waals surface area contributed by atoms with Crippen molar-refractivity contribution in [2.75, 3.05) is 45.9 Å². The van der Waals surface area contributed by atoms with Crippen molar-refractivity contribution in [3.63, 3.8) is 0 Å². The molecule has 7 heteroatoms. The maximum absolute atomic E-state index is 12.5. The molecule has 0 amide bonds. The van der Waals surface area contributed by atoms with Crippen LogP contribution in [0.25, 0.3) is 11.0 Å². The van der Waals surface area contributed by atoms with Crippen LogP contribution in [0.15, 0.2) is 22.6 Å². The van der Waals surface area contributed by atoms with E-state index < -0.39 is 0 Å². The molecule has 6 nitrogen and oxygen atoms in total. The lowest BCUT2D eigenvalue weighted by atomic mass is 10.1. The molecule has 1 N–H and O–H groups in total. The van der Waals surface area contributed by atoms with E-state index in [1.54, 1.807) is 25.8 Å². The molecule has 0 atom stereocenters. The highest BCUT2D eigenvalue weighted by Gasteiger charge is 2.23. The summed E-state index contributed by atoms with van der Waals surface area (Å²) in [6.45, 7) is 5.81. The van der Waals surface area contributed by atoms with E-state index in [4.69, 9.17) is 18.6 Å². The number of carbonyl (C=O) groups is 1. The van der Waals surface area contributed by atoms with Gasteiger partial charge in [0.1, 0.15) is 41.6 Å². The number of hydrogen-bond acceptors (Lipinski definition) is 6. The lowest BCUT2D eigenvalue weighted by molar-refractivity contribution is -0.895. The van der Waals surface area contributed by atoms with Gasteiger partial charge in [-0.15, -0.1) is 0 Å². The fourth-order valence-electron chi connectivity index (χ4n) is 2.88. The van der Waals surface area contributed by atoms with Crippen LogP contribution in [0, 0.1) is 0 Å². The summed E-state index contributed by atoms with van der Waals surface area (Å²) in [6, 6.07) is 5.49. The number of morpholine rings is 1. The summed E-state index contributed by atoms with van der Waals surface area (Å²) in [5, 5.41) is 0.743. The van der Waals surface area contributed by atoms with Crippen molar-refractivity contribution >= 4 is 28.7 Å². The molecule has 1 aromatic carbocycles. The topological polar surface area (TPSA) is 62.3 Å². The van der Waals surface area contributed by atoms with Crippen LogP contribution in [0.4, 0.5) is 0 Å². The lowest BCUT2D eigenvalue weighted by Crippen LogP contribution is -3.13. The smallest absolute Gasteiger partial charge is 0.342 e. The van der Waals surface area contributed by atoms with Crippen LogP contribution in [-0.4, -0.2) is 51.9 Å². The summed E-state index contributed by atoms with van der Waals surface area (Å²) in [6.07, 6.45) is 0. The normalized spacial score (nSPS) is 15.4. The minimum absolute atomic E-state index is 0.333. The first-order valence-electron chi connectivity index (χ1n) is 8.48. The molecule has 0 saturated carbocycles. The molecule has 2 heterocycles. The number of thioether (sulfide) groups is 1. The predicted octanol–water partition coefficient (Wildman–Crippen LogP) is 1.72. The van der Waals surface area contributed by atoms with Gasteiger partial charge >= 0.3 is 5.97 Å². The molecule has 1 saturated heterocycles. The van der Waals surface area contributed by atoms with Gasteiger partial charge in [0.2, 0.25) is 0 Å². The van der Waals surface area contributed by atoms with Gasteiger partial charge in [-0.25, -0.2) is 4.79 Å². The maximum atomic E-state index is 12.5. The van der Waals surface area contributed by atoms with Gasteiger partial charge in [-0.3, -0.25) is 0 Å². The van der Waals surface area contributed by atoms with Gasteiger partial charge in [0.15, 0.2) is 0 Å². The van der Waals surface area contributed by atoms with Crippen LogP contribution in [-0.2, 0) is 15.2 Å². The maximum Gasteiger partial charge on any atom is 0.342 e. The van der Waals surface area contributed by atoms with Crippen molar-refractivity contribution in [2.24, 2.45) is 0 Å². The third-order valence-electron chi connectivity index (χ3n) is 4.19. The predicted molar refractivity (Wildman–Crippen MR) is 96.4 cm³/mol. The second-order valence-electron chi connectivity index (χ2n) is 5.84. The third-order valence-corrected chi connectivity index (χ3v) is 5.27. The summed E-state index contributed by atoms with van der Waals surface area (Å²) in [5.41, 5.74) is 1.19. The molecule has 3 rings (SSSR count). The number of hydrogen-bond donors (Lipinski definition) is 1. The van der Waals surface area contributed by atoms with Gasteiger partial charge in [-0.05, 0) is 25.1 Å². The van der Waals surface area contributed by atoms with E-state index in [0.717, 1.165) is 37.6 Å². The Bertz CT molecular complexity index is 724. The number of benzene rings is 1. The molecule has 0 aliphatic carbocycles. The summed E-state index contributed by atoms with van der Waals surface area (Å²) in [5.74, 6) is 2.61. The largest absolute Gasteiger partial charge is 0.497 e. The Morgan fingerprint density at radius 3 is 2.84 bits per heavy atom. The summed E-state index contributed by atoms with van der Waals surface area (Å²) in [4.78, 5) is 14.0. The van der Waals surface area contributed by atoms with E-state index >= 15 is 0 Å². The Morgan fingerprint density at radius 1 is 1.32 bits per heavy atom. The average molecular weight is 366 g/mol. The quantitative estimate of drug-likeness (QED) is 0.753. The fraction of sp³-hybridized carbons (Fsp3) is 0.500. The first kappa shape index (κ1) is 18.1. The molecule has 0 bridgehead atoms. The van der Waals surface area contributed by atoms with E-state index in [1.807, 2.05) is 18.2 Å². The number of nitrogens with one attached hydrogen (secondary N) is 1. The number of methoxy groups -OCH3 is 1. The number of rotatable bonds is 7. The number of fused-ring (bicyclic) bond motifs is 1. The molecule has 1 fully saturated rings. The number of esters is 1. The molecule has 136 valence electrons. The van der Waals surface area contributed by atoms with Crippen LogP contribution >= 0.6 is 11.8 Å². The number of quaternary nitrogens is 1. The van der Waals surface area contributed by atoms with E-state index in [-0.39, 0.29) is 5.97 Å². The average Bonchev–Trinajstić information content (AvgIpc) is 3.00. The van der Waals surface area contributed by atoms with E-state index in [2.05, 4.69) is 0 Å². The van der Waals surface area contributed by atoms with Crippen LogP contribution < -0.4 is 9.64 Å². The highest BCUT2D eigenvalue weighted by atomic mass is 32.2. The summed E-state index contributed by atoms with van der Waals surface area (Å²) in [7, 11) is 1.60. The Morgan fingerprint density at radius 2 is 2.12 bits per heavy atom. The van der Waals surface area contributed by atoms with Gasteiger partial charge in [0.05, 0.1) is 32.7 Å². The van der Waals surface area contributed by atoms with Crippen molar-refractivity contribution in [3.8, 4) is 5.75 Å². The number of ether oxygens (including phenoxy) is 3. The molecule has 1 aliphatic rings. The Kier molecular flexibility index (Phi) is 6.23. The van der Waals surface area contributed by atoms with Crippen LogP contribution in [0.2, 0.25) is 0 Å². The standard InChI is InChI=1S/C18H23NO5S/c1-3-23-18(20)17-14-10-13(21-2)4-5-15(14)24-16(17)11-25-12-19-6-8-22-9-7-19/h4-5,10H,3,6-9,11-12H2,1-2H3/p+1. The number of furan rings is 1. The number of carbonyl (C=O) groups excluding carboxylic acids is 1. The Balaban J connectivity index is 1.79. The van der Waals surface area contributed by atoms with Gasteiger partial charge in [-0.1, -0.05) is 11.8 Å². The Labute approximate surface area is 151 Å². The second kappa shape index (κ2) is 8.60. The zero-order valence-corrected chi connectivity index (χ0v) is 15.4. The van der Waals surface area contributed by atoms with Crippen molar-refractivity contribution in [2.45, 2.75) is 12.7 Å². The zero-order valence-electron chi connectivity index (χ0n) is 14.6. The molecular weight excluding hydrogens is 342 g/mol. The fourth-order valence-corrected chi connectivity index (χ4v) is 3.94. The monoisotopic (exact) mass is 366 g/mol. The third kappa shape index (κ3) is 4.29. The molecule has 1 aromatic heterocycles. The molecule has 2 aromatic rings. The Hall–Kier alpha value is -1.70. The minimum atomic E-state index is -0.344. The van der Waals surface area contributed by atoms with Crippen LogP contribution in [0.3, 0.4) is 0 Å². The van der Waals surface area contributed by atoms with Crippen molar-refractivity contribution in [3.05, 3.63) is 29.5 Å². The van der Waals surface area contributed by atoms with Gasteiger partial charge in [-0.2, -0.15) is 0 Å². The first-order valence-corrected chi connectivity index (χ1v) is 9.64. The minimum Gasteiger partial charge on any atom is -0.497 e. The van der Waals surface area contributed by atoms with E-state index in [9.17, 15) is 4.79 Å². The SMILES string of the molecule is CCOC(=O)c1c(CSC[NH+]2CCOCC2)oc2ccc(OC)cc12. The van der Waals surface area contributed by atoms with Crippen LogP contribution in [0.1, 0.15) is 23.0 Å². The highest BCUT2D eigenvalue weighted by Crippen LogP contribution is 2.31. The molecule has 25 heavy (non-hydrogen) atoms. The highest BCUT2D eigenvalue weighted by molar-refractivity contribution is 7.98. The first-order chi connectivity index (χ1) is 12.2.